The summed E-state index contributed by atoms with van der Waals surface area (Å²) in [5, 5.41) is 0. The lowest BCUT2D eigenvalue weighted by atomic mass is 10.1. The zero-order valence-electron chi connectivity index (χ0n) is 45.1. The largest absolute Gasteiger partial charge is 0.462 e. The number of rotatable bonds is 53. The summed E-state index contributed by atoms with van der Waals surface area (Å²) in [6.45, 7) is 7.66. The summed E-state index contributed by atoms with van der Waals surface area (Å²) < 4.78 is 17.5. The third-order valence-electron chi connectivity index (χ3n) is 12.4. The Morgan fingerprint density at radius 2 is 0.662 bits per heavy atom. The van der Waals surface area contributed by atoms with Crippen molar-refractivity contribution in [1.82, 2.24) is 0 Å². The van der Waals surface area contributed by atoms with Crippen molar-refractivity contribution >= 4 is 11.9 Å². The Balaban J connectivity index is 4.32. The van der Waals surface area contributed by atoms with Gasteiger partial charge in [0, 0.05) is 19.4 Å². The van der Waals surface area contributed by atoms with Crippen LogP contribution in [0.1, 0.15) is 278 Å². The van der Waals surface area contributed by atoms with Crippen LogP contribution in [0.4, 0.5) is 0 Å². The molecule has 0 N–H and O–H groups in total. The standard InChI is InChI=1S/C63H110O5/c1-4-7-10-13-16-19-22-25-28-30-31-32-34-37-40-43-46-49-52-55-58-66-59-61(68-63(65)57-54-51-48-45-42-39-35-27-24-21-18-15-12-9-6-3)60-67-62(64)56-53-50-47-44-41-38-36-33-29-26-23-20-17-14-11-8-5-2/h8,11,17-18,20-21,25-29,35-36,38,61H,4-7,9-10,12-16,19,22-24,30-34,37,39-60H2,1-3H3/b11-8-,20-17-,21-18-,28-25-,29-26-,35-27-,38-36-. The highest BCUT2D eigenvalue weighted by Crippen LogP contribution is 2.14. The van der Waals surface area contributed by atoms with Crippen LogP contribution in [0.3, 0.4) is 0 Å². The molecule has 5 nitrogen and oxygen atoms in total. The fourth-order valence-corrected chi connectivity index (χ4v) is 8.06. The quantitative estimate of drug-likeness (QED) is 0.0345. The molecule has 0 bridgehead atoms. The molecule has 0 aliphatic heterocycles. The van der Waals surface area contributed by atoms with Gasteiger partial charge in [-0.05, 0) is 116 Å². The summed E-state index contributed by atoms with van der Waals surface area (Å²) >= 11 is 0. The molecule has 0 saturated carbocycles. The summed E-state index contributed by atoms with van der Waals surface area (Å²) in [7, 11) is 0. The van der Waals surface area contributed by atoms with E-state index in [1.54, 1.807) is 0 Å². The molecule has 0 heterocycles. The fourth-order valence-electron chi connectivity index (χ4n) is 8.06. The van der Waals surface area contributed by atoms with Gasteiger partial charge in [0.1, 0.15) is 6.61 Å². The highest BCUT2D eigenvalue weighted by atomic mass is 16.6. The third-order valence-corrected chi connectivity index (χ3v) is 12.4. The van der Waals surface area contributed by atoms with E-state index in [0.29, 0.717) is 19.4 Å². The minimum atomic E-state index is -0.559. The Morgan fingerprint density at radius 1 is 0.338 bits per heavy atom. The number of hydrogen-bond acceptors (Lipinski definition) is 5. The Labute approximate surface area is 422 Å². The molecule has 0 saturated heterocycles. The molecular formula is C63H110O5. The molecule has 0 fully saturated rings. The van der Waals surface area contributed by atoms with E-state index in [9.17, 15) is 9.59 Å². The maximum absolute atomic E-state index is 12.9. The van der Waals surface area contributed by atoms with Crippen molar-refractivity contribution in [1.29, 1.82) is 0 Å². The Morgan fingerprint density at radius 3 is 1.10 bits per heavy atom. The van der Waals surface area contributed by atoms with Crippen molar-refractivity contribution in [3.63, 3.8) is 0 Å². The molecule has 1 atom stereocenters. The minimum absolute atomic E-state index is 0.0640. The molecule has 0 aliphatic rings. The van der Waals surface area contributed by atoms with Crippen molar-refractivity contribution in [2.75, 3.05) is 19.8 Å². The number of allylic oxidation sites excluding steroid dienone is 14. The second-order valence-corrected chi connectivity index (χ2v) is 19.2. The molecular weight excluding hydrogens is 837 g/mol. The van der Waals surface area contributed by atoms with Gasteiger partial charge in [-0.25, -0.2) is 0 Å². The third kappa shape index (κ3) is 55.7. The van der Waals surface area contributed by atoms with E-state index in [1.807, 2.05) is 0 Å². The Hall–Kier alpha value is -2.92. The molecule has 0 rings (SSSR count). The number of ether oxygens (including phenoxy) is 3. The molecule has 0 spiro atoms. The first-order chi connectivity index (χ1) is 33.6. The predicted molar refractivity (Wildman–Crippen MR) is 297 cm³/mol. The number of unbranched alkanes of at least 4 members (excludes halogenated alkanes) is 28. The summed E-state index contributed by atoms with van der Waals surface area (Å²) in [5.74, 6) is -0.436. The van der Waals surface area contributed by atoms with E-state index >= 15 is 0 Å². The molecule has 0 aromatic heterocycles. The van der Waals surface area contributed by atoms with Gasteiger partial charge in [-0.2, -0.15) is 0 Å². The second-order valence-electron chi connectivity index (χ2n) is 19.2. The molecule has 68 heavy (non-hydrogen) atoms. The van der Waals surface area contributed by atoms with Gasteiger partial charge >= 0.3 is 11.9 Å². The van der Waals surface area contributed by atoms with Crippen LogP contribution in [0, 0.1) is 0 Å². The topological polar surface area (TPSA) is 61.8 Å². The first-order valence-electron chi connectivity index (χ1n) is 29.1. The van der Waals surface area contributed by atoms with Crippen molar-refractivity contribution in [2.24, 2.45) is 0 Å². The second kappa shape index (κ2) is 58.4. The van der Waals surface area contributed by atoms with Crippen LogP contribution in [-0.2, 0) is 23.8 Å². The van der Waals surface area contributed by atoms with E-state index in [2.05, 4.69) is 106 Å². The monoisotopic (exact) mass is 947 g/mol. The molecule has 0 radical (unpaired) electrons. The summed E-state index contributed by atoms with van der Waals surface area (Å²) in [6.07, 6.45) is 77.5. The van der Waals surface area contributed by atoms with Crippen LogP contribution < -0.4 is 0 Å². The number of carbonyl (C=O) groups is 2. The van der Waals surface area contributed by atoms with Gasteiger partial charge in [0.25, 0.3) is 0 Å². The van der Waals surface area contributed by atoms with Crippen LogP contribution >= 0.6 is 0 Å². The molecule has 0 aromatic rings. The van der Waals surface area contributed by atoms with E-state index in [1.165, 1.54) is 141 Å². The minimum Gasteiger partial charge on any atom is -0.462 e. The smallest absolute Gasteiger partial charge is 0.306 e. The van der Waals surface area contributed by atoms with Gasteiger partial charge in [0.05, 0.1) is 6.61 Å². The van der Waals surface area contributed by atoms with Crippen LogP contribution in [0.5, 0.6) is 0 Å². The van der Waals surface area contributed by atoms with E-state index in [4.69, 9.17) is 14.2 Å². The van der Waals surface area contributed by atoms with Gasteiger partial charge in [-0.15, -0.1) is 0 Å². The summed E-state index contributed by atoms with van der Waals surface area (Å²) in [5.41, 5.74) is 0. The number of hydrogen-bond donors (Lipinski definition) is 0. The van der Waals surface area contributed by atoms with Crippen LogP contribution in [0.25, 0.3) is 0 Å². The zero-order valence-corrected chi connectivity index (χ0v) is 45.1. The zero-order chi connectivity index (χ0) is 49.2. The lowest BCUT2D eigenvalue weighted by molar-refractivity contribution is -0.163. The van der Waals surface area contributed by atoms with Gasteiger partial charge in [0.15, 0.2) is 6.10 Å². The molecule has 392 valence electrons. The van der Waals surface area contributed by atoms with Crippen LogP contribution in [0.15, 0.2) is 85.1 Å². The highest BCUT2D eigenvalue weighted by molar-refractivity contribution is 5.70. The number of esters is 2. The van der Waals surface area contributed by atoms with Gasteiger partial charge < -0.3 is 14.2 Å². The van der Waals surface area contributed by atoms with E-state index in [0.717, 1.165) is 103 Å². The highest BCUT2D eigenvalue weighted by Gasteiger charge is 2.17. The van der Waals surface area contributed by atoms with Crippen molar-refractivity contribution in [2.45, 2.75) is 284 Å². The van der Waals surface area contributed by atoms with Crippen molar-refractivity contribution in [3.05, 3.63) is 85.1 Å². The van der Waals surface area contributed by atoms with Gasteiger partial charge in [-0.3, -0.25) is 9.59 Å². The normalized spacial score (nSPS) is 12.8. The summed E-state index contributed by atoms with van der Waals surface area (Å²) in [4.78, 5) is 25.5. The average Bonchev–Trinajstić information content (AvgIpc) is 3.34. The SMILES string of the molecule is CC/C=C\C/C=C\C/C=C\C/C=C\CCCCCCC(=O)OCC(COCCCCCCCCCCCC/C=C\CCCCCCCC)OC(=O)CCCCCCC/C=C\C/C=C\CCCCC. The summed E-state index contributed by atoms with van der Waals surface area (Å²) in [6, 6.07) is 0. The average molecular weight is 948 g/mol. The Bertz CT molecular complexity index is 1250. The number of carbonyl (C=O) groups excluding carboxylic acids is 2. The molecule has 1 unspecified atom stereocenters. The fraction of sp³-hybridized carbons (Fsp3) is 0.746. The van der Waals surface area contributed by atoms with Crippen molar-refractivity contribution < 1.29 is 23.8 Å². The van der Waals surface area contributed by atoms with Gasteiger partial charge in [-0.1, -0.05) is 234 Å². The van der Waals surface area contributed by atoms with Gasteiger partial charge in [0.2, 0.25) is 0 Å². The van der Waals surface area contributed by atoms with E-state index < -0.39 is 6.10 Å². The molecule has 0 aliphatic carbocycles. The maximum Gasteiger partial charge on any atom is 0.306 e. The molecule has 0 amide bonds. The molecule has 0 aromatic carbocycles. The lowest BCUT2D eigenvalue weighted by Crippen LogP contribution is -2.30. The molecule has 5 heteroatoms. The van der Waals surface area contributed by atoms with Crippen LogP contribution in [0.2, 0.25) is 0 Å². The lowest BCUT2D eigenvalue weighted by Gasteiger charge is -2.18. The first kappa shape index (κ1) is 65.1. The first-order valence-corrected chi connectivity index (χ1v) is 29.1. The van der Waals surface area contributed by atoms with Crippen LogP contribution in [-0.4, -0.2) is 37.9 Å². The van der Waals surface area contributed by atoms with Crippen molar-refractivity contribution in [3.8, 4) is 0 Å². The predicted octanol–water partition coefficient (Wildman–Crippen LogP) is 20.0. The van der Waals surface area contributed by atoms with E-state index in [-0.39, 0.29) is 25.2 Å². The Kier molecular flexibility index (Phi) is 55.9. The maximum atomic E-state index is 12.9.